The second-order valence-corrected chi connectivity index (χ2v) is 5.76. The first-order valence-electron chi connectivity index (χ1n) is 6.40. The fourth-order valence-electron chi connectivity index (χ4n) is 2.16. The van der Waals surface area contributed by atoms with Gasteiger partial charge >= 0.3 is 0 Å². The van der Waals surface area contributed by atoms with Gasteiger partial charge in [-0.1, -0.05) is 13.8 Å². The topological polar surface area (TPSA) is 32.7 Å². The summed E-state index contributed by atoms with van der Waals surface area (Å²) in [5.74, 6) is 1.03. The minimum absolute atomic E-state index is 0.296. The molecular formula is C13H27NO2. The van der Waals surface area contributed by atoms with E-state index >= 15 is 0 Å². The molecule has 0 spiro atoms. The van der Waals surface area contributed by atoms with Gasteiger partial charge in [0, 0.05) is 26.3 Å². The van der Waals surface area contributed by atoms with E-state index in [2.05, 4.69) is 25.8 Å². The predicted molar refractivity (Wildman–Crippen MR) is 66.5 cm³/mol. The quantitative estimate of drug-likeness (QED) is 0.779. The predicted octanol–water partition coefficient (Wildman–Crippen LogP) is 1.75. The zero-order valence-electron chi connectivity index (χ0n) is 11.2. The molecule has 0 saturated carbocycles. The van der Waals surface area contributed by atoms with Crippen LogP contribution in [0.3, 0.4) is 0 Å². The fourth-order valence-corrected chi connectivity index (χ4v) is 2.16. The Labute approximate surface area is 99.8 Å². The zero-order chi connectivity index (χ0) is 12.2. The summed E-state index contributed by atoms with van der Waals surface area (Å²) in [6.45, 7) is 9.70. The molecule has 1 fully saturated rings. The van der Waals surface area contributed by atoms with Crippen LogP contribution >= 0.6 is 0 Å². The molecule has 1 atom stereocenters. The summed E-state index contributed by atoms with van der Waals surface area (Å²) in [6, 6.07) is 0. The monoisotopic (exact) mass is 229 g/mol. The third-order valence-corrected chi connectivity index (χ3v) is 3.74. The molecule has 96 valence electrons. The molecule has 1 N–H and O–H groups in total. The van der Waals surface area contributed by atoms with Crippen molar-refractivity contribution >= 4 is 0 Å². The largest absolute Gasteiger partial charge is 0.389 e. The molecular weight excluding hydrogens is 202 g/mol. The number of nitrogens with zero attached hydrogens (tertiary/aromatic N) is 1. The Morgan fingerprint density at radius 1 is 1.38 bits per heavy atom. The smallest absolute Gasteiger partial charge is 0.0768 e. The first-order valence-corrected chi connectivity index (χ1v) is 6.40. The van der Waals surface area contributed by atoms with Crippen molar-refractivity contribution in [2.75, 3.05) is 33.4 Å². The van der Waals surface area contributed by atoms with Crippen molar-refractivity contribution in [3.05, 3.63) is 0 Å². The first-order chi connectivity index (χ1) is 7.42. The highest BCUT2D eigenvalue weighted by Gasteiger charge is 2.27. The maximum Gasteiger partial charge on any atom is 0.0768 e. The molecule has 0 radical (unpaired) electrons. The van der Waals surface area contributed by atoms with Gasteiger partial charge in [0.25, 0.3) is 0 Å². The highest BCUT2D eigenvalue weighted by Crippen LogP contribution is 2.20. The van der Waals surface area contributed by atoms with Crippen LogP contribution in [0.15, 0.2) is 0 Å². The maximum absolute atomic E-state index is 10.2. The fraction of sp³-hybridized carbons (Fsp3) is 1.00. The molecule has 0 aliphatic carbocycles. The number of ether oxygens (including phenoxy) is 1. The lowest BCUT2D eigenvalue weighted by molar-refractivity contribution is -0.0208. The Balaban J connectivity index is 2.31. The molecule has 16 heavy (non-hydrogen) atoms. The lowest BCUT2D eigenvalue weighted by Crippen LogP contribution is -2.44. The van der Waals surface area contributed by atoms with Crippen LogP contribution in [0.1, 0.15) is 33.6 Å². The van der Waals surface area contributed by atoms with Gasteiger partial charge in [0.1, 0.15) is 0 Å². The van der Waals surface area contributed by atoms with Gasteiger partial charge in [-0.2, -0.15) is 0 Å². The highest BCUT2D eigenvalue weighted by molar-refractivity contribution is 4.80. The van der Waals surface area contributed by atoms with Gasteiger partial charge in [0.2, 0.25) is 0 Å². The van der Waals surface area contributed by atoms with Crippen LogP contribution in [-0.4, -0.2) is 49.0 Å². The Bertz CT molecular complexity index is 198. The third-order valence-electron chi connectivity index (χ3n) is 3.74. The van der Waals surface area contributed by atoms with E-state index < -0.39 is 5.60 Å². The average Bonchev–Trinajstić information content (AvgIpc) is 2.17. The Morgan fingerprint density at radius 2 is 1.94 bits per heavy atom. The Kier molecular flexibility index (Phi) is 5.22. The van der Waals surface area contributed by atoms with Gasteiger partial charge in [0.15, 0.2) is 0 Å². The van der Waals surface area contributed by atoms with Gasteiger partial charge < -0.3 is 14.7 Å². The molecule has 1 aliphatic heterocycles. The van der Waals surface area contributed by atoms with Crippen LogP contribution in [0.25, 0.3) is 0 Å². The third kappa shape index (κ3) is 4.40. The van der Waals surface area contributed by atoms with Gasteiger partial charge in [-0.25, -0.2) is 0 Å². The number of hydrogen-bond acceptors (Lipinski definition) is 3. The van der Waals surface area contributed by atoms with E-state index in [0.29, 0.717) is 5.92 Å². The SMILES string of the molecule is CC(C)C(C)(O)CN(C)CC1CCOCC1. The normalized spacial score (nSPS) is 22.7. The minimum atomic E-state index is -0.583. The summed E-state index contributed by atoms with van der Waals surface area (Å²) in [6.07, 6.45) is 2.32. The summed E-state index contributed by atoms with van der Waals surface area (Å²) < 4.78 is 5.35. The van der Waals surface area contributed by atoms with E-state index in [-0.39, 0.29) is 0 Å². The Morgan fingerprint density at radius 3 is 2.44 bits per heavy atom. The zero-order valence-corrected chi connectivity index (χ0v) is 11.2. The highest BCUT2D eigenvalue weighted by atomic mass is 16.5. The van der Waals surface area contributed by atoms with Crippen molar-refractivity contribution < 1.29 is 9.84 Å². The van der Waals surface area contributed by atoms with Crippen LogP contribution < -0.4 is 0 Å². The van der Waals surface area contributed by atoms with E-state index in [0.717, 1.165) is 45.1 Å². The molecule has 3 nitrogen and oxygen atoms in total. The van der Waals surface area contributed by atoms with Crippen LogP contribution in [0.4, 0.5) is 0 Å². The molecule has 0 aromatic heterocycles. The molecule has 0 aromatic carbocycles. The second kappa shape index (κ2) is 5.99. The average molecular weight is 229 g/mol. The first kappa shape index (κ1) is 13.9. The van der Waals surface area contributed by atoms with Crippen LogP contribution in [0.5, 0.6) is 0 Å². The van der Waals surface area contributed by atoms with Crippen molar-refractivity contribution in [2.24, 2.45) is 11.8 Å². The molecule has 1 rings (SSSR count). The summed E-state index contributed by atoms with van der Waals surface area (Å²) in [5.41, 5.74) is -0.583. The van der Waals surface area contributed by atoms with Crippen LogP contribution in [0.2, 0.25) is 0 Å². The van der Waals surface area contributed by atoms with Gasteiger partial charge in [-0.05, 0) is 38.6 Å². The summed E-state index contributed by atoms with van der Waals surface area (Å²) in [5, 5.41) is 10.2. The molecule has 1 heterocycles. The van der Waals surface area contributed by atoms with E-state index in [9.17, 15) is 5.11 Å². The number of rotatable bonds is 5. The summed E-state index contributed by atoms with van der Waals surface area (Å²) in [4.78, 5) is 2.26. The lowest BCUT2D eigenvalue weighted by atomic mass is 9.91. The molecule has 0 bridgehead atoms. The number of hydrogen-bond donors (Lipinski definition) is 1. The Hall–Kier alpha value is -0.120. The van der Waals surface area contributed by atoms with E-state index in [4.69, 9.17) is 4.74 Å². The molecule has 1 unspecified atom stereocenters. The second-order valence-electron chi connectivity index (χ2n) is 5.76. The van der Waals surface area contributed by atoms with Crippen molar-refractivity contribution in [3.63, 3.8) is 0 Å². The summed E-state index contributed by atoms with van der Waals surface area (Å²) >= 11 is 0. The van der Waals surface area contributed by atoms with Crippen molar-refractivity contribution in [2.45, 2.75) is 39.2 Å². The van der Waals surface area contributed by atoms with Gasteiger partial charge in [-0.15, -0.1) is 0 Å². The van der Waals surface area contributed by atoms with Crippen molar-refractivity contribution in [3.8, 4) is 0 Å². The standard InChI is InChI=1S/C13H27NO2/c1-11(2)13(3,15)10-14(4)9-12-5-7-16-8-6-12/h11-12,15H,5-10H2,1-4H3. The molecule has 0 amide bonds. The van der Waals surface area contributed by atoms with E-state index in [1.165, 1.54) is 0 Å². The van der Waals surface area contributed by atoms with Gasteiger partial charge in [0.05, 0.1) is 5.60 Å². The lowest BCUT2D eigenvalue weighted by Gasteiger charge is -2.34. The molecule has 0 aromatic rings. The van der Waals surface area contributed by atoms with Gasteiger partial charge in [-0.3, -0.25) is 0 Å². The van der Waals surface area contributed by atoms with E-state index in [1.54, 1.807) is 0 Å². The molecule has 1 aliphatic rings. The molecule has 1 saturated heterocycles. The summed E-state index contributed by atoms with van der Waals surface area (Å²) in [7, 11) is 2.10. The maximum atomic E-state index is 10.2. The number of aliphatic hydroxyl groups is 1. The van der Waals surface area contributed by atoms with Crippen LogP contribution in [-0.2, 0) is 4.74 Å². The molecule has 3 heteroatoms. The van der Waals surface area contributed by atoms with Crippen LogP contribution in [0, 0.1) is 11.8 Å². The van der Waals surface area contributed by atoms with Crippen molar-refractivity contribution in [1.29, 1.82) is 0 Å². The van der Waals surface area contributed by atoms with Crippen molar-refractivity contribution in [1.82, 2.24) is 4.90 Å². The number of likely N-dealkylation sites (N-methyl/N-ethyl adjacent to an activating group) is 1. The minimum Gasteiger partial charge on any atom is -0.389 e. The van der Waals surface area contributed by atoms with E-state index in [1.807, 2.05) is 6.92 Å².